The lowest BCUT2D eigenvalue weighted by molar-refractivity contribution is 0.0955. The first kappa shape index (κ1) is 10.4. The number of ketones is 1. The summed E-state index contributed by atoms with van der Waals surface area (Å²) in [5.41, 5.74) is 0.733. The molecule has 0 aromatic heterocycles. The second-order valence-electron chi connectivity index (χ2n) is 2.88. The molecule has 13 heavy (non-hydrogen) atoms. The molecule has 0 bridgehead atoms. The van der Waals surface area contributed by atoms with E-state index in [1.807, 2.05) is 31.2 Å². The minimum Gasteiger partial charge on any atom is -0.310 e. The largest absolute Gasteiger partial charge is 0.310 e. The van der Waals surface area contributed by atoms with E-state index in [1.54, 1.807) is 7.05 Å². The standard InChI is InChI=1S/C10H12BrNO/c1-7(12-2)10(13)8-4-3-5-9(11)6-8/h3-7,12H,1-2H3/t7-/m0/s1. The first-order chi connectivity index (χ1) is 6.15. The summed E-state index contributed by atoms with van der Waals surface area (Å²) in [6, 6.07) is 7.28. The third-order valence-corrected chi connectivity index (χ3v) is 2.43. The van der Waals surface area contributed by atoms with Crippen LogP contribution in [0.5, 0.6) is 0 Å². The molecule has 1 aromatic carbocycles. The molecule has 0 saturated heterocycles. The van der Waals surface area contributed by atoms with Crippen LogP contribution in [-0.4, -0.2) is 18.9 Å². The molecule has 1 N–H and O–H groups in total. The predicted octanol–water partition coefficient (Wildman–Crippen LogP) is 2.24. The van der Waals surface area contributed by atoms with E-state index in [1.165, 1.54) is 0 Å². The van der Waals surface area contributed by atoms with E-state index in [9.17, 15) is 4.79 Å². The van der Waals surface area contributed by atoms with Gasteiger partial charge in [-0.25, -0.2) is 0 Å². The SMILES string of the molecule is CN[C@@H](C)C(=O)c1cccc(Br)c1. The van der Waals surface area contributed by atoms with Crippen LogP contribution in [0.1, 0.15) is 17.3 Å². The first-order valence-electron chi connectivity index (χ1n) is 4.12. The first-order valence-corrected chi connectivity index (χ1v) is 4.91. The highest BCUT2D eigenvalue weighted by atomic mass is 79.9. The second-order valence-corrected chi connectivity index (χ2v) is 3.80. The molecule has 1 rings (SSSR count). The van der Waals surface area contributed by atoms with Crippen molar-refractivity contribution in [2.45, 2.75) is 13.0 Å². The minimum absolute atomic E-state index is 0.115. The summed E-state index contributed by atoms with van der Waals surface area (Å²) in [5, 5.41) is 2.92. The number of benzene rings is 1. The van der Waals surface area contributed by atoms with Crippen LogP contribution in [0.25, 0.3) is 0 Å². The van der Waals surface area contributed by atoms with E-state index < -0.39 is 0 Å². The maximum Gasteiger partial charge on any atom is 0.179 e. The van der Waals surface area contributed by atoms with E-state index in [2.05, 4.69) is 21.2 Å². The number of hydrogen-bond acceptors (Lipinski definition) is 2. The van der Waals surface area contributed by atoms with Gasteiger partial charge in [0.25, 0.3) is 0 Å². The van der Waals surface area contributed by atoms with E-state index in [-0.39, 0.29) is 11.8 Å². The lowest BCUT2D eigenvalue weighted by Gasteiger charge is -2.08. The van der Waals surface area contributed by atoms with Gasteiger partial charge in [-0.2, -0.15) is 0 Å². The van der Waals surface area contributed by atoms with Crippen LogP contribution in [0.4, 0.5) is 0 Å². The van der Waals surface area contributed by atoms with Crippen LogP contribution in [0.2, 0.25) is 0 Å². The molecule has 0 aliphatic carbocycles. The van der Waals surface area contributed by atoms with Crippen LogP contribution in [0.15, 0.2) is 28.7 Å². The smallest absolute Gasteiger partial charge is 0.179 e. The number of carbonyl (C=O) groups excluding carboxylic acids is 1. The molecule has 0 unspecified atom stereocenters. The molecule has 0 aliphatic heterocycles. The molecule has 0 radical (unpaired) electrons. The summed E-state index contributed by atoms with van der Waals surface area (Å²) in [5.74, 6) is 0.115. The van der Waals surface area contributed by atoms with Crippen LogP contribution in [-0.2, 0) is 0 Å². The summed E-state index contributed by atoms with van der Waals surface area (Å²) in [7, 11) is 1.78. The lowest BCUT2D eigenvalue weighted by Crippen LogP contribution is -2.30. The number of hydrogen-bond donors (Lipinski definition) is 1. The molecule has 0 amide bonds. The number of halogens is 1. The average molecular weight is 242 g/mol. The van der Waals surface area contributed by atoms with Gasteiger partial charge in [-0.3, -0.25) is 4.79 Å². The van der Waals surface area contributed by atoms with Gasteiger partial charge in [-0.1, -0.05) is 28.1 Å². The Morgan fingerprint density at radius 3 is 2.77 bits per heavy atom. The van der Waals surface area contributed by atoms with Gasteiger partial charge in [-0.05, 0) is 26.1 Å². The number of rotatable bonds is 3. The van der Waals surface area contributed by atoms with Crippen molar-refractivity contribution >= 4 is 21.7 Å². The molecular formula is C10H12BrNO. The zero-order valence-electron chi connectivity index (χ0n) is 7.67. The third kappa shape index (κ3) is 2.64. The highest BCUT2D eigenvalue weighted by Crippen LogP contribution is 2.12. The van der Waals surface area contributed by atoms with Crippen molar-refractivity contribution < 1.29 is 4.79 Å². The molecule has 0 spiro atoms. The summed E-state index contributed by atoms with van der Waals surface area (Å²) in [4.78, 5) is 11.6. The molecule has 0 fully saturated rings. The van der Waals surface area contributed by atoms with Gasteiger partial charge in [0.2, 0.25) is 0 Å². The number of nitrogens with one attached hydrogen (secondary N) is 1. The zero-order chi connectivity index (χ0) is 9.84. The highest BCUT2D eigenvalue weighted by molar-refractivity contribution is 9.10. The fourth-order valence-electron chi connectivity index (χ4n) is 1.02. The topological polar surface area (TPSA) is 29.1 Å². The highest BCUT2D eigenvalue weighted by Gasteiger charge is 2.12. The molecule has 2 nitrogen and oxygen atoms in total. The lowest BCUT2D eigenvalue weighted by atomic mass is 10.1. The van der Waals surface area contributed by atoms with Gasteiger partial charge in [0.05, 0.1) is 6.04 Å². The van der Waals surface area contributed by atoms with Crippen molar-refractivity contribution in [3.05, 3.63) is 34.3 Å². The van der Waals surface area contributed by atoms with Gasteiger partial charge < -0.3 is 5.32 Å². The predicted molar refractivity (Wildman–Crippen MR) is 57.0 cm³/mol. The quantitative estimate of drug-likeness (QED) is 0.823. The van der Waals surface area contributed by atoms with Crippen LogP contribution < -0.4 is 5.32 Å². The molecule has 1 atom stereocenters. The minimum atomic E-state index is -0.130. The monoisotopic (exact) mass is 241 g/mol. The van der Waals surface area contributed by atoms with Crippen molar-refractivity contribution in [1.29, 1.82) is 0 Å². The number of likely N-dealkylation sites (N-methyl/N-ethyl adjacent to an activating group) is 1. The molecular weight excluding hydrogens is 230 g/mol. The van der Waals surface area contributed by atoms with E-state index in [0.29, 0.717) is 0 Å². The molecule has 0 saturated carbocycles. The summed E-state index contributed by atoms with van der Waals surface area (Å²) in [6.07, 6.45) is 0. The third-order valence-electron chi connectivity index (χ3n) is 1.94. The van der Waals surface area contributed by atoms with E-state index >= 15 is 0 Å². The molecule has 3 heteroatoms. The summed E-state index contributed by atoms with van der Waals surface area (Å²) >= 11 is 3.33. The Labute approximate surface area is 86.5 Å². The van der Waals surface area contributed by atoms with Gasteiger partial charge in [-0.15, -0.1) is 0 Å². The van der Waals surface area contributed by atoms with E-state index in [0.717, 1.165) is 10.0 Å². The Balaban J connectivity index is 2.89. The normalized spacial score (nSPS) is 12.5. The molecule has 0 heterocycles. The number of Topliss-reactive ketones (excluding diaryl/α,β-unsaturated/α-hetero) is 1. The van der Waals surface area contributed by atoms with Crippen molar-refractivity contribution in [2.24, 2.45) is 0 Å². The Hall–Kier alpha value is -0.670. The van der Waals surface area contributed by atoms with Crippen LogP contribution >= 0.6 is 15.9 Å². The summed E-state index contributed by atoms with van der Waals surface area (Å²) in [6.45, 7) is 1.85. The van der Waals surface area contributed by atoms with E-state index in [4.69, 9.17) is 0 Å². The maximum absolute atomic E-state index is 11.6. The van der Waals surface area contributed by atoms with Crippen molar-refractivity contribution in [1.82, 2.24) is 5.32 Å². The molecule has 0 aliphatic rings. The Morgan fingerprint density at radius 2 is 2.23 bits per heavy atom. The fourth-order valence-corrected chi connectivity index (χ4v) is 1.42. The second kappa shape index (κ2) is 4.53. The van der Waals surface area contributed by atoms with Gasteiger partial charge >= 0.3 is 0 Å². The Kier molecular flexibility index (Phi) is 3.63. The van der Waals surface area contributed by atoms with Crippen LogP contribution in [0, 0.1) is 0 Å². The molecule has 1 aromatic rings. The van der Waals surface area contributed by atoms with Gasteiger partial charge in [0, 0.05) is 10.0 Å². The zero-order valence-corrected chi connectivity index (χ0v) is 9.26. The maximum atomic E-state index is 11.6. The van der Waals surface area contributed by atoms with Crippen molar-refractivity contribution in [3.63, 3.8) is 0 Å². The Morgan fingerprint density at radius 1 is 1.54 bits per heavy atom. The average Bonchev–Trinajstić information content (AvgIpc) is 2.15. The van der Waals surface area contributed by atoms with Crippen molar-refractivity contribution in [2.75, 3.05) is 7.05 Å². The fraction of sp³-hybridized carbons (Fsp3) is 0.300. The van der Waals surface area contributed by atoms with Gasteiger partial charge in [0.1, 0.15) is 0 Å². The van der Waals surface area contributed by atoms with Crippen molar-refractivity contribution in [3.8, 4) is 0 Å². The molecule has 70 valence electrons. The van der Waals surface area contributed by atoms with Crippen LogP contribution in [0.3, 0.4) is 0 Å². The van der Waals surface area contributed by atoms with Gasteiger partial charge in [0.15, 0.2) is 5.78 Å². The number of carbonyl (C=O) groups is 1. The Bertz CT molecular complexity index is 312. The summed E-state index contributed by atoms with van der Waals surface area (Å²) < 4.78 is 0.932.